The lowest BCUT2D eigenvalue weighted by Gasteiger charge is -2.19. The summed E-state index contributed by atoms with van der Waals surface area (Å²) in [6.07, 6.45) is 9.37. The van der Waals surface area contributed by atoms with E-state index in [0.29, 0.717) is 12.0 Å². The van der Waals surface area contributed by atoms with Crippen LogP contribution in [0.1, 0.15) is 52.4 Å². The van der Waals surface area contributed by atoms with Gasteiger partial charge in [-0.05, 0) is 25.7 Å². The van der Waals surface area contributed by atoms with Gasteiger partial charge in [-0.1, -0.05) is 38.8 Å². The van der Waals surface area contributed by atoms with Gasteiger partial charge in [0, 0.05) is 11.8 Å². The Bertz CT molecular complexity index is 475. The molecule has 0 heterocycles. The number of hydrogen-bond donors (Lipinski definition) is 1. The van der Waals surface area contributed by atoms with Gasteiger partial charge in [0.1, 0.15) is 6.10 Å². The molecule has 0 radical (unpaired) electrons. The Balaban J connectivity index is 2.03. The molecule has 2 aliphatic carbocycles. The third-order valence-electron chi connectivity index (χ3n) is 4.42. The smallest absolute Gasteiger partial charge is 0.335 e. The van der Waals surface area contributed by atoms with Gasteiger partial charge in [-0.25, -0.2) is 9.59 Å². The topological polar surface area (TPSA) is 63.6 Å². The minimum Gasteiger partial charge on any atom is -0.478 e. The molecule has 116 valence electrons. The normalized spacial score (nSPS) is 24.5. The minimum atomic E-state index is -0.988. The highest BCUT2D eigenvalue weighted by atomic mass is 16.5. The average Bonchev–Trinajstić information content (AvgIpc) is 3.06. The molecule has 3 unspecified atom stereocenters. The van der Waals surface area contributed by atoms with E-state index < -0.39 is 11.9 Å². The van der Waals surface area contributed by atoms with Gasteiger partial charge >= 0.3 is 11.9 Å². The Morgan fingerprint density at radius 1 is 1.24 bits per heavy atom. The van der Waals surface area contributed by atoms with Crippen LogP contribution in [0.5, 0.6) is 0 Å². The fourth-order valence-electron chi connectivity index (χ4n) is 3.24. The van der Waals surface area contributed by atoms with Gasteiger partial charge < -0.3 is 9.84 Å². The quantitative estimate of drug-likeness (QED) is 0.422. The van der Waals surface area contributed by atoms with Gasteiger partial charge in [0.2, 0.25) is 0 Å². The van der Waals surface area contributed by atoms with Crippen molar-refractivity contribution in [1.29, 1.82) is 0 Å². The van der Waals surface area contributed by atoms with E-state index in [0.717, 1.165) is 32.1 Å². The number of carboxylic acid groups (broad SMARTS) is 1. The second kappa shape index (κ2) is 6.92. The number of fused-ring (bicyclic) bond motifs is 2. The zero-order chi connectivity index (χ0) is 15.4. The summed E-state index contributed by atoms with van der Waals surface area (Å²) in [5.41, 5.74) is 0.625. The van der Waals surface area contributed by atoms with Crippen LogP contribution in [-0.4, -0.2) is 23.1 Å². The molecule has 4 heteroatoms. The van der Waals surface area contributed by atoms with Crippen molar-refractivity contribution in [2.75, 3.05) is 0 Å². The summed E-state index contributed by atoms with van der Waals surface area (Å²) in [6.45, 7) is 4.13. The third kappa shape index (κ3) is 3.36. The Morgan fingerprint density at radius 3 is 2.48 bits per heavy atom. The first-order valence-corrected chi connectivity index (χ1v) is 7.95. The van der Waals surface area contributed by atoms with Gasteiger partial charge in [0.05, 0.1) is 11.1 Å². The maximum absolute atomic E-state index is 12.4. The van der Waals surface area contributed by atoms with Crippen molar-refractivity contribution in [3.8, 4) is 0 Å². The van der Waals surface area contributed by atoms with E-state index in [1.807, 2.05) is 19.1 Å². The largest absolute Gasteiger partial charge is 0.478 e. The molecule has 0 fully saturated rings. The predicted octanol–water partition coefficient (Wildman–Crippen LogP) is 3.48. The number of esters is 1. The number of allylic oxidation sites excluding steroid dienone is 2. The van der Waals surface area contributed by atoms with Crippen LogP contribution in [0, 0.1) is 11.8 Å². The summed E-state index contributed by atoms with van der Waals surface area (Å²) >= 11 is 0. The van der Waals surface area contributed by atoms with Crippen molar-refractivity contribution in [2.45, 2.75) is 58.5 Å². The Hall–Kier alpha value is -1.58. The van der Waals surface area contributed by atoms with Crippen molar-refractivity contribution in [3.63, 3.8) is 0 Å². The Kier molecular flexibility index (Phi) is 5.21. The first-order chi connectivity index (χ1) is 10.1. The molecule has 2 bridgehead atoms. The molecule has 0 aromatic heterocycles. The molecule has 0 saturated heterocycles. The molecular formula is C17H24O4. The molecule has 0 aromatic carbocycles. The minimum absolute atomic E-state index is 0.0678. The highest BCUT2D eigenvalue weighted by molar-refractivity contribution is 6.02. The lowest BCUT2D eigenvalue weighted by Crippen LogP contribution is -2.23. The van der Waals surface area contributed by atoms with E-state index in [-0.39, 0.29) is 23.5 Å². The van der Waals surface area contributed by atoms with Crippen LogP contribution in [0.15, 0.2) is 23.3 Å². The van der Waals surface area contributed by atoms with Crippen LogP contribution in [0.4, 0.5) is 0 Å². The molecule has 0 amide bonds. The standard InChI is InChI=1S/C17H24O4/c1-3-5-6-7-13(4-2)21-17(20)15-12-9-8-11(10-12)14(15)16(18)19/h8-9,11-13H,3-7,10H2,1-2H3,(H,18,19). The molecule has 3 atom stereocenters. The second-order valence-electron chi connectivity index (χ2n) is 5.90. The van der Waals surface area contributed by atoms with Crippen molar-refractivity contribution >= 4 is 11.9 Å². The fourth-order valence-corrected chi connectivity index (χ4v) is 3.24. The zero-order valence-electron chi connectivity index (χ0n) is 12.8. The summed E-state index contributed by atoms with van der Waals surface area (Å²) in [4.78, 5) is 23.7. The van der Waals surface area contributed by atoms with E-state index in [1.54, 1.807) is 0 Å². The number of rotatable bonds is 8. The zero-order valence-corrected chi connectivity index (χ0v) is 12.8. The summed E-state index contributed by atoms with van der Waals surface area (Å²) in [5.74, 6) is -1.60. The first kappa shape index (κ1) is 15.8. The van der Waals surface area contributed by atoms with E-state index in [2.05, 4.69) is 6.92 Å². The van der Waals surface area contributed by atoms with E-state index >= 15 is 0 Å². The maximum atomic E-state index is 12.4. The second-order valence-corrected chi connectivity index (χ2v) is 5.90. The monoisotopic (exact) mass is 292 g/mol. The highest BCUT2D eigenvalue weighted by Crippen LogP contribution is 2.44. The van der Waals surface area contributed by atoms with Gasteiger partial charge in [-0.3, -0.25) is 0 Å². The molecular weight excluding hydrogens is 268 g/mol. The molecule has 0 aliphatic heterocycles. The molecule has 0 aromatic rings. The maximum Gasteiger partial charge on any atom is 0.335 e. The summed E-state index contributed by atoms with van der Waals surface area (Å²) < 4.78 is 5.57. The van der Waals surface area contributed by atoms with Gasteiger partial charge in [0.25, 0.3) is 0 Å². The number of carboxylic acids is 1. The molecule has 4 nitrogen and oxygen atoms in total. The van der Waals surface area contributed by atoms with Crippen LogP contribution < -0.4 is 0 Å². The Morgan fingerprint density at radius 2 is 1.90 bits per heavy atom. The van der Waals surface area contributed by atoms with Crippen molar-refractivity contribution in [2.24, 2.45) is 11.8 Å². The number of hydrogen-bond acceptors (Lipinski definition) is 3. The fraction of sp³-hybridized carbons (Fsp3) is 0.647. The van der Waals surface area contributed by atoms with Crippen molar-refractivity contribution in [1.82, 2.24) is 0 Å². The lowest BCUT2D eigenvalue weighted by atomic mass is 9.97. The lowest BCUT2D eigenvalue weighted by molar-refractivity contribution is -0.146. The van der Waals surface area contributed by atoms with E-state index in [4.69, 9.17) is 4.74 Å². The predicted molar refractivity (Wildman–Crippen MR) is 79.7 cm³/mol. The molecule has 2 aliphatic rings. The van der Waals surface area contributed by atoms with Crippen LogP contribution >= 0.6 is 0 Å². The van der Waals surface area contributed by atoms with Gasteiger partial charge in [-0.15, -0.1) is 0 Å². The third-order valence-corrected chi connectivity index (χ3v) is 4.42. The average molecular weight is 292 g/mol. The summed E-state index contributed by atoms with van der Waals surface area (Å²) in [6, 6.07) is 0. The van der Waals surface area contributed by atoms with Gasteiger partial charge in [0.15, 0.2) is 0 Å². The van der Waals surface area contributed by atoms with Crippen molar-refractivity contribution in [3.05, 3.63) is 23.3 Å². The van der Waals surface area contributed by atoms with Crippen molar-refractivity contribution < 1.29 is 19.4 Å². The number of unbranched alkanes of at least 4 members (excludes halogenated alkanes) is 2. The van der Waals surface area contributed by atoms with Crippen LogP contribution in [0.25, 0.3) is 0 Å². The molecule has 0 saturated carbocycles. The number of ether oxygens (including phenoxy) is 1. The van der Waals surface area contributed by atoms with Gasteiger partial charge in [-0.2, -0.15) is 0 Å². The summed E-state index contributed by atoms with van der Waals surface area (Å²) in [5, 5.41) is 9.32. The van der Waals surface area contributed by atoms with Crippen LogP contribution in [-0.2, 0) is 14.3 Å². The summed E-state index contributed by atoms with van der Waals surface area (Å²) in [7, 11) is 0. The highest BCUT2D eigenvalue weighted by Gasteiger charge is 2.42. The molecule has 21 heavy (non-hydrogen) atoms. The molecule has 2 rings (SSSR count). The van der Waals surface area contributed by atoms with E-state index in [9.17, 15) is 14.7 Å². The van der Waals surface area contributed by atoms with E-state index in [1.165, 1.54) is 0 Å². The van der Waals surface area contributed by atoms with Crippen LogP contribution in [0.2, 0.25) is 0 Å². The molecule has 1 N–H and O–H groups in total. The first-order valence-electron chi connectivity index (χ1n) is 7.95. The number of carbonyl (C=O) groups excluding carboxylic acids is 1. The SMILES string of the molecule is CCCCCC(CC)OC(=O)C1=C(C(=O)O)C2C=CC1C2. The van der Waals surface area contributed by atoms with Crippen LogP contribution in [0.3, 0.4) is 0 Å². The molecule has 0 spiro atoms. The number of carbonyl (C=O) groups is 2. The Labute approximate surface area is 125 Å². The number of aliphatic carboxylic acids is 1.